The molecule has 1 aromatic rings. The third-order valence-electron chi connectivity index (χ3n) is 2.96. The number of unbranched alkanes of at least 4 members (excludes halogenated alkanes) is 1. The number of aliphatic imine (C=N–C) groups is 1. The van der Waals surface area contributed by atoms with Gasteiger partial charge in [0.2, 0.25) is 0 Å². The van der Waals surface area contributed by atoms with E-state index in [1.165, 1.54) is 0 Å². The van der Waals surface area contributed by atoms with Crippen LogP contribution in [0.1, 0.15) is 26.2 Å². The van der Waals surface area contributed by atoms with E-state index in [4.69, 9.17) is 0 Å². The molecule has 1 N–H and O–H groups in total. The van der Waals surface area contributed by atoms with Crippen molar-refractivity contribution in [3.8, 4) is 0 Å². The summed E-state index contributed by atoms with van der Waals surface area (Å²) in [6.45, 7) is 9.46. The maximum atomic E-state index is 4.66. The zero-order chi connectivity index (χ0) is 14.6. The predicted molar refractivity (Wildman–Crippen MR) is 84.9 cm³/mol. The van der Waals surface area contributed by atoms with Crippen LogP contribution < -0.4 is 5.32 Å². The highest BCUT2D eigenvalue weighted by Crippen LogP contribution is 1.96. The maximum Gasteiger partial charge on any atom is 0.193 e. The fraction of sp³-hybridized carbons (Fsp3) is 0.600. The summed E-state index contributed by atoms with van der Waals surface area (Å²) in [6.07, 6.45) is 8.90. The van der Waals surface area contributed by atoms with E-state index < -0.39 is 0 Å². The summed E-state index contributed by atoms with van der Waals surface area (Å²) >= 11 is 0. The van der Waals surface area contributed by atoms with Gasteiger partial charge in [0, 0.05) is 45.6 Å². The van der Waals surface area contributed by atoms with Crippen LogP contribution in [-0.2, 0) is 6.54 Å². The molecular formula is C15H27N5. The molecule has 5 nitrogen and oxygen atoms in total. The molecule has 0 saturated carbocycles. The second-order valence-electron chi connectivity index (χ2n) is 4.71. The van der Waals surface area contributed by atoms with Crippen LogP contribution in [0.3, 0.4) is 0 Å². The first-order valence-corrected chi connectivity index (χ1v) is 7.35. The van der Waals surface area contributed by atoms with Crippen molar-refractivity contribution >= 4 is 5.96 Å². The second-order valence-corrected chi connectivity index (χ2v) is 4.71. The van der Waals surface area contributed by atoms with Crippen LogP contribution in [0.5, 0.6) is 0 Å². The number of hydrogen-bond donors (Lipinski definition) is 1. The van der Waals surface area contributed by atoms with Crippen LogP contribution in [0, 0.1) is 0 Å². The lowest BCUT2D eigenvalue weighted by Crippen LogP contribution is -2.39. The standard InChI is InChI=1S/C15H27N5/c1-4-6-7-12-19(3)15(16-5-2)17-10-8-13-20-14-9-11-18-20/h4,9,11,14H,1,5-8,10,12-13H2,2-3H3,(H,16,17). The summed E-state index contributed by atoms with van der Waals surface area (Å²) in [7, 11) is 2.08. The normalized spacial score (nSPS) is 11.4. The Kier molecular flexibility index (Phi) is 8.19. The zero-order valence-electron chi connectivity index (χ0n) is 12.8. The number of nitrogens with zero attached hydrogens (tertiary/aromatic N) is 4. The van der Waals surface area contributed by atoms with E-state index >= 15 is 0 Å². The molecule has 0 aliphatic carbocycles. The van der Waals surface area contributed by atoms with E-state index in [0.29, 0.717) is 0 Å². The molecule has 0 spiro atoms. The molecule has 0 aliphatic heterocycles. The van der Waals surface area contributed by atoms with Crippen LogP contribution in [-0.4, -0.2) is 47.3 Å². The molecule has 0 atom stereocenters. The monoisotopic (exact) mass is 277 g/mol. The number of aryl methyl sites for hydroxylation is 1. The van der Waals surface area contributed by atoms with Crippen molar-refractivity contribution in [2.75, 3.05) is 26.7 Å². The van der Waals surface area contributed by atoms with Gasteiger partial charge in [-0.25, -0.2) is 0 Å². The Morgan fingerprint density at radius 1 is 1.50 bits per heavy atom. The zero-order valence-corrected chi connectivity index (χ0v) is 12.8. The second kappa shape index (κ2) is 10.1. The Labute approximate surface area is 122 Å². The highest BCUT2D eigenvalue weighted by atomic mass is 15.3. The van der Waals surface area contributed by atoms with Crippen LogP contribution in [0.4, 0.5) is 0 Å². The van der Waals surface area contributed by atoms with Gasteiger partial charge >= 0.3 is 0 Å². The summed E-state index contributed by atoms with van der Waals surface area (Å²) in [6, 6.07) is 1.95. The third-order valence-corrected chi connectivity index (χ3v) is 2.96. The van der Waals surface area contributed by atoms with E-state index in [1.807, 2.05) is 23.0 Å². The van der Waals surface area contributed by atoms with E-state index in [9.17, 15) is 0 Å². The number of allylic oxidation sites excluding steroid dienone is 1. The van der Waals surface area contributed by atoms with E-state index in [-0.39, 0.29) is 0 Å². The molecule has 0 aromatic carbocycles. The van der Waals surface area contributed by atoms with Crippen LogP contribution in [0.15, 0.2) is 36.1 Å². The molecule has 1 heterocycles. The van der Waals surface area contributed by atoms with Crippen molar-refractivity contribution in [1.29, 1.82) is 0 Å². The maximum absolute atomic E-state index is 4.66. The van der Waals surface area contributed by atoms with Gasteiger partial charge in [-0.15, -0.1) is 6.58 Å². The Bertz CT molecular complexity index is 383. The Morgan fingerprint density at radius 2 is 2.35 bits per heavy atom. The fourth-order valence-corrected chi connectivity index (χ4v) is 1.90. The highest BCUT2D eigenvalue weighted by molar-refractivity contribution is 5.79. The van der Waals surface area contributed by atoms with Gasteiger partial charge in [0.05, 0.1) is 0 Å². The van der Waals surface area contributed by atoms with Gasteiger partial charge in [-0.2, -0.15) is 5.10 Å². The summed E-state index contributed by atoms with van der Waals surface area (Å²) < 4.78 is 1.94. The van der Waals surface area contributed by atoms with Gasteiger partial charge in [-0.05, 0) is 32.3 Å². The minimum atomic E-state index is 0.813. The number of guanidine groups is 1. The van der Waals surface area contributed by atoms with Crippen molar-refractivity contribution in [2.45, 2.75) is 32.7 Å². The number of rotatable bonds is 9. The van der Waals surface area contributed by atoms with Crippen molar-refractivity contribution in [3.05, 3.63) is 31.1 Å². The topological polar surface area (TPSA) is 45.5 Å². The summed E-state index contributed by atoms with van der Waals surface area (Å²) in [5.41, 5.74) is 0. The van der Waals surface area contributed by atoms with Crippen molar-refractivity contribution in [3.63, 3.8) is 0 Å². The Balaban J connectivity index is 2.34. The van der Waals surface area contributed by atoms with Crippen LogP contribution in [0.2, 0.25) is 0 Å². The van der Waals surface area contributed by atoms with Crippen molar-refractivity contribution in [1.82, 2.24) is 20.0 Å². The molecule has 0 aliphatic rings. The highest BCUT2D eigenvalue weighted by Gasteiger charge is 2.04. The summed E-state index contributed by atoms with van der Waals surface area (Å²) in [5.74, 6) is 0.983. The summed E-state index contributed by atoms with van der Waals surface area (Å²) in [4.78, 5) is 6.84. The van der Waals surface area contributed by atoms with Crippen LogP contribution >= 0.6 is 0 Å². The van der Waals surface area contributed by atoms with Crippen LogP contribution in [0.25, 0.3) is 0 Å². The van der Waals surface area contributed by atoms with E-state index in [0.717, 1.165) is 51.4 Å². The molecular weight excluding hydrogens is 250 g/mol. The SMILES string of the molecule is C=CCCCN(C)C(=NCCCn1cccn1)NCC. The molecule has 1 aromatic heterocycles. The predicted octanol–water partition coefficient (Wildman–Crippen LogP) is 2.14. The largest absolute Gasteiger partial charge is 0.357 e. The van der Waals surface area contributed by atoms with Crippen molar-refractivity contribution < 1.29 is 0 Å². The molecule has 112 valence electrons. The first kappa shape index (κ1) is 16.3. The van der Waals surface area contributed by atoms with Gasteiger partial charge < -0.3 is 10.2 Å². The molecule has 0 amide bonds. The molecule has 0 bridgehead atoms. The Morgan fingerprint density at radius 3 is 3.00 bits per heavy atom. The third kappa shape index (κ3) is 6.41. The quantitative estimate of drug-likeness (QED) is 0.325. The molecule has 20 heavy (non-hydrogen) atoms. The first-order chi connectivity index (χ1) is 9.77. The smallest absolute Gasteiger partial charge is 0.193 e. The average Bonchev–Trinajstić information content (AvgIpc) is 2.95. The fourth-order valence-electron chi connectivity index (χ4n) is 1.90. The minimum absolute atomic E-state index is 0.813. The van der Waals surface area contributed by atoms with Gasteiger partial charge in [-0.3, -0.25) is 9.67 Å². The molecule has 0 saturated heterocycles. The summed E-state index contributed by atoms with van der Waals surface area (Å²) in [5, 5.41) is 7.52. The molecule has 0 fully saturated rings. The lowest BCUT2D eigenvalue weighted by atomic mass is 10.3. The Hall–Kier alpha value is -1.78. The van der Waals surface area contributed by atoms with Crippen molar-refractivity contribution in [2.24, 2.45) is 4.99 Å². The lowest BCUT2D eigenvalue weighted by molar-refractivity contribution is 0.468. The van der Waals surface area contributed by atoms with Gasteiger partial charge in [0.1, 0.15) is 0 Å². The molecule has 1 rings (SSSR count). The van der Waals surface area contributed by atoms with E-state index in [1.54, 1.807) is 6.20 Å². The average molecular weight is 277 g/mol. The van der Waals surface area contributed by atoms with E-state index in [2.05, 4.69) is 40.9 Å². The van der Waals surface area contributed by atoms with Gasteiger partial charge in [-0.1, -0.05) is 6.08 Å². The first-order valence-electron chi connectivity index (χ1n) is 7.35. The number of hydrogen-bond acceptors (Lipinski definition) is 2. The molecule has 0 radical (unpaired) electrons. The van der Waals surface area contributed by atoms with Gasteiger partial charge in [0.15, 0.2) is 5.96 Å². The lowest BCUT2D eigenvalue weighted by Gasteiger charge is -2.21. The minimum Gasteiger partial charge on any atom is -0.357 e. The number of nitrogens with one attached hydrogen (secondary N) is 1. The van der Waals surface area contributed by atoms with Gasteiger partial charge in [0.25, 0.3) is 0 Å². The molecule has 5 heteroatoms. The molecule has 0 unspecified atom stereocenters. The number of aromatic nitrogens is 2.